The highest BCUT2D eigenvalue weighted by molar-refractivity contribution is 6.05. The highest BCUT2D eigenvalue weighted by atomic mass is 19.1. The van der Waals surface area contributed by atoms with Crippen molar-refractivity contribution in [1.82, 2.24) is 9.97 Å². The van der Waals surface area contributed by atoms with Crippen molar-refractivity contribution < 1.29 is 18.7 Å². The maximum absolute atomic E-state index is 15.2. The summed E-state index contributed by atoms with van der Waals surface area (Å²) in [7, 11) is 1.38. The number of carbonyl (C=O) groups excluding carboxylic acids is 1. The van der Waals surface area contributed by atoms with Crippen LogP contribution in [0.15, 0.2) is 18.3 Å². The number of fused-ring (bicyclic) bond motifs is 1. The minimum atomic E-state index is -0.622. The van der Waals surface area contributed by atoms with E-state index in [0.29, 0.717) is 30.7 Å². The predicted molar refractivity (Wildman–Crippen MR) is 125 cm³/mol. The van der Waals surface area contributed by atoms with Crippen LogP contribution in [0.4, 0.5) is 26.6 Å². The number of ether oxygens (including phenoxy) is 2. The second-order valence-corrected chi connectivity index (χ2v) is 8.30. The molecule has 0 spiro atoms. The van der Waals surface area contributed by atoms with Crippen LogP contribution >= 0.6 is 0 Å². The molecule has 0 radical (unpaired) electrons. The molecular weight excluding hydrogens is 427 g/mol. The van der Waals surface area contributed by atoms with Crippen molar-refractivity contribution in [3.63, 3.8) is 0 Å². The minimum absolute atomic E-state index is 0.0144. The monoisotopic (exact) mass is 458 g/mol. The van der Waals surface area contributed by atoms with Crippen LogP contribution in [0, 0.1) is 5.82 Å². The number of hydrogen-bond donors (Lipinski definition) is 2. The van der Waals surface area contributed by atoms with Crippen molar-refractivity contribution in [2.75, 3.05) is 35.4 Å². The number of halogens is 1. The Morgan fingerprint density at radius 3 is 2.67 bits per heavy atom. The molecule has 3 N–H and O–H groups in total. The summed E-state index contributed by atoms with van der Waals surface area (Å²) in [5.74, 6) is 0.844. The molecule has 0 saturated heterocycles. The Hall–Kier alpha value is -3.14. The van der Waals surface area contributed by atoms with E-state index in [1.165, 1.54) is 29.0 Å². The van der Waals surface area contributed by atoms with Gasteiger partial charge in [-0.05, 0) is 39.5 Å². The van der Waals surface area contributed by atoms with E-state index in [2.05, 4.69) is 15.3 Å². The Labute approximate surface area is 193 Å². The molecule has 1 aliphatic heterocycles. The Morgan fingerprint density at radius 1 is 1.24 bits per heavy atom. The van der Waals surface area contributed by atoms with E-state index in [1.807, 2.05) is 13.8 Å². The smallest absolute Gasteiger partial charge is 0.330 e. The zero-order chi connectivity index (χ0) is 23.5. The summed E-state index contributed by atoms with van der Waals surface area (Å²) < 4.78 is 25.9. The quantitative estimate of drug-likeness (QED) is 0.652. The van der Waals surface area contributed by atoms with Gasteiger partial charge >= 0.3 is 6.03 Å². The van der Waals surface area contributed by atoms with Crippen LogP contribution in [0.1, 0.15) is 45.1 Å². The lowest BCUT2D eigenvalue weighted by molar-refractivity contribution is 0.249. The van der Waals surface area contributed by atoms with Crippen molar-refractivity contribution in [2.45, 2.75) is 58.2 Å². The predicted octanol–water partition coefficient (Wildman–Crippen LogP) is 3.67. The Balaban J connectivity index is 1.64. The third-order valence-corrected chi connectivity index (χ3v) is 6.12. The van der Waals surface area contributed by atoms with Crippen molar-refractivity contribution in [3.05, 3.63) is 29.7 Å². The average molecular weight is 459 g/mol. The lowest BCUT2D eigenvalue weighted by Crippen LogP contribution is -2.48. The van der Waals surface area contributed by atoms with E-state index < -0.39 is 5.82 Å². The van der Waals surface area contributed by atoms with Gasteiger partial charge in [0, 0.05) is 42.5 Å². The lowest BCUT2D eigenvalue weighted by Gasteiger charge is -2.36. The fourth-order valence-electron chi connectivity index (χ4n) is 4.36. The number of nitrogens with zero attached hydrogens (tertiary/aromatic N) is 4. The first-order valence-corrected chi connectivity index (χ1v) is 11.4. The standard InChI is InChI=1S/C23H31FN6O3/c1-4-29-21-14(12-26-22(28-21)27-16-8-6-15(25)7-9-16)13-30(23(29)31)18-10-17(33-5-2)11-19(32-3)20(18)24/h10-12,15-16H,4-9,13,25H2,1-3H3,(H,26,27,28). The van der Waals surface area contributed by atoms with Crippen molar-refractivity contribution in [2.24, 2.45) is 5.73 Å². The maximum Gasteiger partial charge on any atom is 0.330 e. The normalized spacial score (nSPS) is 20.5. The van der Waals surface area contributed by atoms with Gasteiger partial charge in [-0.15, -0.1) is 0 Å². The number of carbonyl (C=O) groups is 1. The van der Waals surface area contributed by atoms with Gasteiger partial charge < -0.3 is 20.5 Å². The number of rotatable bonds is 7. The van der Waals surface area contributed by atoms with Gasteiger partial charge in [0.25, 0.3) is 0 Å². The zero-order valence-electron chi connectivity index (χ0n) is 19.3. The summed E-state index contributed by atoms with van der Waals surface area (Å²) >= 11 is 0. The number of amides is 2. The summed E-state index contributed by atoms with van der Waals surface area (Å²) in [6.07, 6.45) is 5.55. The van der Waals surface area contributed by atoms with E-state index in [4.69, 9.17) is 15.2 Å². The second-order valence-electron chi connectivity index (χ2n) is 8.30. The molecule has 2 aromatic rings. The molecule has 0 bridgehead atoms. The summed E-state index contributed by atoms with van der Waals surface area (Å²) in [6, 6.07) is 3.14. The van der Waals surface area contributed by atoms with Gasteiger partial charge in [0.05, 0.1) is 25.9 Å². The molecule has 178 valence electrons. The number of nitrogens with one attached hydrogen (secondary N) is 1. The van der Waals surface area contributed by atoms with Crippen molar-refractivity contribution >= 4 is 23.5 Å². The van der Waals surface area contributed by atoms with Gasteiger partial charge in [-0.3, -0.25) is 9.80 Å². The van der Waals surface area contributed by atoms with Crippen LogP contribution in [0.3, 0.4) is 0 Å². The van der Waals surface area contributed by atoms with E-state index in [-0.39, 0.29) is 36.1 Å². The van der Waals surface area contributed by atoms with Gasteiger partial charge in [-0.2, -0.15) is 4.98 Å². The molecule has 1 aliphatic carbocycles. The number of hydrogen-bond acceptors (Lipinski definition) is 7. The van der Waals surface area contributed by atoms with Crippen molar-refractivity contribution in [1.29, 1.82) is 0 Å². The van der Waals surface area contributed by atoms with Gasteiger partial charge in [0.15, 0.2) is 11.6 Å². The largest absolute Gasteiger partial charge is 0.494 e. The third kappa shape index (κ3) is 4.66. The van der Waals surface area contributed by atoms with Gasteiger partial charge in [0.1, 0.15) is 11.6 Å². The first kappa shape index (κ1) is 23.0. The molecule has 10 heteroatoms. The van der Waals surface area contributed by atoms with Crippen LogP contribution in [-0.2, 0) is 6.54 Å². The number of anilines is 3. The third-order valence-electron chi connectivity index (χ3n) is 6.12. The number of methoxy groups -OCH3 is 1. The highest BCUT2D eigenvalue weighted by Crippen LogP contribution is 2.37. The number of nitrogens with two attached hydrogens (primary N) is 1. The Morgan fingerprint density at radius 2 is 2.00 bits per heavy atom. The number of urea groups is 1. The lowest BCUT2D eigenvalue weighted by atomic mass is 9.92. The molecule has 2 heterocycles. The average Bonchev–Trinajstić information content (AvgIpc) is 2.81. The van der Waals surface area contributed by atoms with Crippen LogP contribution in [0.2, 0.25) is 0 Å². The first-order valence-electron chi connectivity index (χ1n) is 11.4. The summed E-state index contributed by atoms with van der Waals surface area (Å²) in [4.78, 5) is 25.4. The molecule has 0 unspecified atom stereocenters. The molecule has 33 heavy (non-hydrogen) atoms. The maximum atomic E-state index is 15.2. The molecule has 1 aromatic carbocycles. The SMILES string of the molecule is CCOc1cc(OC)c(F)c(N2Cc3cnc(NC4CCC(N)CC4)nc3N(CC)C2=O)c1. The topological polar surface area (TPSA) is 106 Å². The fourth-order valence-corrected chi connectivity index (χ4v) is 4.36. The molecule has 1 aromatic heterocycles. The van der Waals surface area contributed by atoms with Gasteiger partial charge in [-0.1, -0.05) is 0 Å². The van der Waals surface area contributed by atoms with Crippen LogP contribution < -0.4 is 30.3 Å². The molecule has 9 nitrogen and oxygen atoms in total. The van der Waals surface area contributed by atoms with Crippen LogP contribution in [0.5, 0.6) is 11.5 Å². The summed E-state index contributed by atoms with van der Waals surface area (Å²) in [5, 5.41) is 3.38. The first-order chi connectivity index (χ1) is 15.9. The van der Waals surface area contributed by atoms with E-state index in [0.717, 1.165) is 31.2 Å². The zero-order valence-corrected chi connectivity index (χ0v) is 19.3. The minimum Gasteiger partial charge on any atom is -0.494 e. The Bertz CT molecular complexity index is 1010. The van der Waals surface area contributed by atoms with Gasteiger partial charge in [-0.25, -0.2) is 14.2 Å². The number of benzene rings is 1. The fraction of sp³-hybridized carbons (Fsp3) is 0.522. The molecule has 2 aliphatic rings. The molecule has 1 fully saturated rings. The molecule has 1 saturated carbocycles. The van der Waals surface area contributed by atoms with Crippen LogP contribution in [-0.4, -0.2) is 48.3 Å². The summed E-state index contributed by atoms with van der Waals surface area (Å²) in [6.45, 7) is 4.61. The highest BCUT2D eigenvalue weighted by Gasteiger charge is 2.34. The molecule has 4 rings (SSSR count). The van der Waals surface area contributed by atoms with Crippen molar-refractivity contribution in [3.8, 4) is 11.5 Å². The Kier molecular flexibility index (Phi) is 6.83. The van der Waals surface area contributed by atoms with E-state index in [9.17, 15) is 4.79 Å². The molecular formula is C23H31FN6O3. The molecule has 0 atom stereocenters. The van der Waals surface area contributed by atoms with Gasteiger partial charge in [0.2, 0.25) is 5.95 Å². The second kappa shape index (κ2) is 9.78. The summed E-state index contributed by atoms with van der Waals surface area (Å²) in [5.41, 5.74) is 6.82. The van der Waals surface area contributed by atoms with Crippen LogP contribution in [0.25, 0.3) is 0 Å². The van der Waals surface area contributed by atoms with E-state index >= 15 is 4.39 Å². The van der Waals surface area contributed by atoms with E-state index in [1.54, 1.807) is 6.20 Å². The molecule has 2 amide bonds. The number of aromatic nitrogens is 2.